The quantitative estimate of drug-likeness (QED) is 0.387. The standard InChI is InChI=1S/C18H19F3N2O6S3/c1-29-17(24)9-12(11-30-13-5-3-2-4-6-13)23-15-8-7-14(32(22,27)28)10-16(15)31(25,26)18(19,20)21/h2-8,10,12,23H,9,11H2,1H3,(H2,22,27,28). The summed E-state index contributed by atoms with van der Waals surface area (Å²) in [5.41, 5.74) is -6.23. The van der Waals surface area contributed by atoms with Gasteiger partial charge in [-0.15, -0.1) is 11.8 Å². The summed E-state index contributed by atoms with van der Waals surface area (Å²) in [5, 5.41) is 7.54. The van der Waals surface area contributed by atoms with Crippen LogP contribution in [0.25, 0.3) is 0 Å². The molecule has 0 amide bonds. The van der Waals surface area contributed by atoms with E-state index in [1.54, 1.807) is 30.3 Å². The Kier molecular flexibility index (Phi) is 8.20. The molecule has 14 heteroatoms. The van der Waals surface area contributed by atoms with E-state index in [9.17, 15) is 34.8 Å². The Labute approximate surface area is 187 Å². The summed E-state index contributed by atoms with van der Waals surface area (Å²) in [5.74, 6) is -0.529. The minimum Gasteiger partial charge on any atom is -0.469 e. The molecule has 1 atom stereocenters. The highest BCUT2D eigenvalue weighted by Gasteiger charge is 2.48. The molecule has 0 aliphatic heterocycles. The van der Waals surface area contributed by atoms with Gasteiger partial charge in [0, 0.05) is 16.7 Å². The van der Waals surface area contributed by atoms with E-state index < -0.39 is 52.9 Å². The zero-order valence-corrected chi connectivity index (χ0v) is 18.9. The lowest BCUT2D eigenvalue weighted by atomic mass is 10.2. The number of nitrogens with one attached hydrogen (secondary N) is 1. The smallest absolute Gasteiger partial charge is 0.469 e. The largest absolute Gasteiger partial charge is 0.501 e. The van der Waals surface area contributed by atoms with Crippen molar-refractivity contribution < 1.29 is 39.5 Å². The van der Waals surface area contributed by atoms with Crippen LogP contribution in [0.3, 0.4) is 0 Å². The lowest BCUT2D eigenvalue weighted by Gasteiger charge is -2.21. The van der Waals surface area contributed by atoms with Crippen molar-refractivity contribution in [2.45, 2.75) is 32.7 Å². The molecule has 0 saturated carbocycles. The molecular weight excluding hydrogens is 493 g/mol. The zero-order valence-electron chi connectivity index (χ0n) is 16.5. The van der Waals surface area contributed by atoms with Gasteiger partial charge in [0.1, 0.15) is 4.90 Å². The molecule has 0 spiro atoms. The van der Waals surface area contributed by atoms with Crippen molar-refractivity contribution in [3.8, 4) is 0 Å². The van der Waals surface area contributed by atoms with Crippen LogP contribution in [0.4, 0.5) is 18.9 Å². The first-order valence-corrected chi connectivity index (χ1v) is 12.8. The summed E-state index contributed by atoms with van der Waals surface area (Å²) in [4.78, 5) is 10.5. The van der Waals surface area contributed by atoms with Crippen LogP contribution in [0.2, 0.25) is 0 Å². The van der Waals surface area contributed by atoms with Gasteiger partial charge >= 0.3 is 11.5 Å². The molecule has 32 heavy (non-hydrogen) atoms. The minimum absolute atomic E-state index is 0.154. The molecule has 2 aromatic carbocycles. The molecule has 0 bridgehead atoms. The van der Waals surface area contributed by atoms with Crippen LogP contribution in [0.15, 0.2) is 63.2 Å². The number of esters is 1. The van der Waals surface area contributed by atoms with Crippen LogP contribution in [-0.4, -0.2) is 47.2 Å². The fourth-order valence-electron chi connectivity index (χ4n) is 2.52. The van der Waals surface area contributed by atoms with E-state index in [0.29, 0.717) is 6.07 Å². The summed E-state index contributed by atoms with van der Waals surface area (Å²) in [6, 6.07) is 10.1. The molecule has 2 aromatic rings. The van der Waals surface area contributed by atoms with Gasteiger partial charge in [-0.3, -0.25) is 4.79 Å². The number of sulfone groups is 1. The maximum absolute atomic E-state index is 13.2. The number of methoxy groups -OCH3 is 1. The van der Waals surface area contributed by atoms with E-state index in [2.05, 4.69) is 10.1 Å². The van der Waals surface area contributed by atoms with Crippen LogP contribution in [0, 0.1) is 0 Å². The second-order valence-corrected chi connectivity index (χ2v) is 11.0. The number of halogens is 3. The number of hydrogen-bond acceptors (Lipinski definition) is 8. The Bertz CT molecular complexity index is 1170. The number of rotatable bonds is 9. The van der Waals surface area contributed by atoms with E-state index >= 15 is 0 Å². The number of anilines is 1. The maximum Gasteiger partial charge on any atom is 0.501 e. The summed E-state index contributed by atoms with van der Waals surface area (Å²) in [7, 11) is -9.30. The topological polar surface area (TPSA) is 133 Å². The number of hydrogen-bond donors (Lipinski definition) is 2. The van der Waals surface area contributed by atoms with Gasteiger partial charge in [-0.1, -0.05) is 18.2 Å². The Balaban J connectivity index is 2.47. The van der Waals surface area contributed by atoms with Crippen molar-refractivity contribution in [2.24, 2.45) is 5.14 Å². The molecule has 176 valence electrons. The Hall–Kier alpha value is -2.29. The van der Waals surface area contributed by atoms with Crippen LogP contribution in [0.5, 0.6) is 0 Å². The maximum atomic E-state index is 13.2. The van der Waals surface area contributed by atoms with Crippen molar-refractivity contribution in [3.05, 3.63) is 48.5 Å². The van der Waals surface area contributed by atoms with Crippen molar-refractivity contribution in [1.82, 2.24) is 0 Å². The normalized spacial score (nSPS) is 13.4. The molecule has 0 aliphatic rings. The molecule has 0 radical (unpaired) electrons. The highest BCUT2D eigenvalue weighted by molar-refractivity contribution is 7.99. The van der Waals surface area contributed by atoms with Gasteiger partial charge in [0.15, 0.2) is 0 Å². The van der Waals surface area contributed by atoms with Gasteiger partial charge in [-0.05, 0) is 30.3 Å². The average Bonchev–Trinajstić information content (AvgIpc) is 2.71. The monoisotopic (exact) mass is 512 g/mol. The fraction of sp³-hybridized carbons (Fsp3) is 0.278. The van der Waals surface area contributed by atoms with Crippen molar-refractivity contribution in [1.29, 1.82) is 0 Å². The number of ether oxygens (including phenoxy) is 1. The lowest BCUT2D eigenvalue weighted by molar-refractivity contribution is -0.140. The summed E-state index contributed by atoms with van der Waals surface area (Å²) in [6.45, 7) is 0. The predicted molar refractivity (Wildman–Crippen MR) is 112 cm³/mol. The molecule has 0 aromatic heterocycles. The van der Waals surface area contributed by atoms with E-state index in [1.807, 2.05) is 0 Å². The predicted octanol–water partition coefficient (Wildman–Crippen LogP) is 2.76. The van der Waals surface area contributed by atoms with E-state index in [0.717, 1.165) is 24.1 Å². The molecule has 0 saturated heterocycles. The Morgan fingerprint density at radius 1 is 1.12 bits per heavy atom. The van der Waals surface area contributed by atoms with Crippen LogP contribution in [0.1, 0.15) is 6.42 Å². The van der Waals surface area contributed by atoms with Crippen molar-refractivity contribution >= 4 is 43.3 Å². The third-order valence-corrected chi connectivity index (χ3v) is 7.68. The molecule has 0 heterocycles. The van der Waals surface area contributed by atoms with Gasteiger partial charge in [0.2, 0.25) is 10.0 Å². The van der Waals surface area contributed by atoms with Gasteiger partial charge in [-0.2, -0.15) is 13.2 Å². The van der Waals surface area contributed by atoms with Crippen LogP contribution in [-0.2, 0) is 29.4 Å². The third-order valence-electron chi connectivity index (χ3n) is 4.07. The average molecular weight is 513 g/mol. The van der Waals surface area contributed by atoms with Crippen LogP contribution < -0.4 is 10.5 Å². The highest BCUT2D eigenvalue weighted by atomic mass is 32.2. The number of sulfonamides is 1. The number of carbonyl (C=O) groups excluding carboxylic acids is 1. The number of carbonyl (C=O) groups is 1. The molecule has 2 rings (SSSR count). The second-order valence-electron chi connectivity index (χ2n) is 6.40. The molecule has 8 nitrogen and oxygen atoms in total. The van der Waals surface area contributed by atoms with Gasteiger partial charge in [0.05, 0.1) is 24.1 Å². The number of alkyl halides is 3. The minimum atomic E-state index is -5.94. The van der Waals surface area contributed by atoms with E-state index in [1.165, 1.54) is 11.8 Å². The first kappa shape index (κ1) is 26.0. The number of primary sulfonamides is 1. The third kappa shape index (κ3) is 6.60. The van der Waals surface area contributed by atoms with Crippen molar-refractivity contribution in [3.63, 3.8) is 0 Å². The zero-order chi connectivity index (χ0) is 24.2. The molecule has 0 aliphatic carbocycles. The first-order chi connectivity index (χ1) is 14.8. The molecular formula is C18H19F3N2O6S3. The number of nitrogens with two attached hydrogens (primary N) is 1. The molecule has 0 fully saturated rings. The second kappa shape index (κ2) is 10.1. The van der Waals surface area contributed by atoms with Crippen molar-refractivity contribution in [2.75, 3.05) is 18.2 Å². The Morgan fingerprint density at radius 2 is 1.75 bits per heavy atom. The van der Waals surface area contributed by atoms with Gasteiger partial charge in [0.25, 0.3) is 9.84 Å². The molecule has 1 unspecified atom stereocenters. The van der Waals surface area contributed by atoms with Crippen LogP contribution >= 0.6 is 11.8 Å². The summed E-state index contributed by atoms with van der Waals surface area (Å²) in [6.07, 6.45) is -0.293. The number of thioether (sulfide) groups is 1. The van der Waals surface area contributed by atoms with Gasteiger partial charge in [-0.25, -0.2) is 22.0 Å². The molecule has 3 N–H and O–H groups in total. The summed E-state index contributed by atoms with van der Waals surface area (Å²) < 4.78 is 91.6. The van der Waals surface area contributed by atoms with E-state index in [-0.39, 0.29) is 12.2 Å². The lowest BCUT2D eigenvalue weighted by Crippen LogP contribution is -2.29. The van der Waals surface area contributed by atoms with E-state index in [4.69, 9.17) is 5.14 Å². The highest BCUT2D eigenvalue weighted by Crippen LogP contribution is 2.36. The fourth-order valence-corrected chi connectivity index (χ4v) is 5.02. The number of benzene rings is 2. The SMILES string of the molecule is COC(=O)CC(CSc1ccccc1)Nc1ccc(S(N)(=O)=O)cc1S(=O)(=O)C(F)(F)F. The van der Waals surface area contributed by atoms with Gasteiger partial charge < -0.3 is 10.1 Å². The summed E-state index contributed by atoms with van der Waals surface area (Å²) >= 11 is 1.27. The first-order valence-electron chi connectivity index (χ1n) is 8.75. The Morgan fingerprint density at radius 3 is 2.28 bits per heavy atom.